The van der Waals surface area contributed by atoms with Crippen LogP contribution >= 0.6 is 0 Å². The topological polar surface area (TPSA) is 110 Å². The van der Waals surface area contributed by atoms with E-state index in [-0.39, 0.29) is 35.6 Å². The monoisotopic (exact) mass is 540 g/mol. The Kier molecular flexibility index (Phi) is 8.17. The number of unbranched alkanes of at least 4 members (excludes halogenated alkanes) is 3. The van der Waals surface area contributed by atoms with Gasteiger partial charge in [-0.15, -0.1) is 0 Å². The largest absolute Gasteiger partial charge is 0.461 e. The van der Waals surface area contributed by atoms with Crippen LogP contribution in [0.4, 0.5) is 0 Å². The Bertz CT molecular complexity index is 1130. The van der Waals surface area contributed by atoms with Crippen LogP contribution in [0.15, 0.2) is 47.6 Å². The number of Topliss-reactive ketones (excluding diaryl/α,β-unsaturated/α-hetero) is 1. The van der Waals surface area contributed by atoms with Crippen molar-refractivity contribution in [3.63, 3.8) is 0 Å². The average Bonchev–Trinajstić information content (AvgIpc) is 3.38. The fraction of sp³-hybridized carbons (Fsp3) is 0.656. The van der Waals surface area contributed by atoms with Crippen LogP contribution in [-0.2, 0) is 23.9 Å². The minimum absolute atomic E-state index is 0.0436. The van der Waals surface area contributed by atoms with E-state index >= 15 is 0 Å². The van der Waals surface area contributed by atoms with Crippen molar-refractivity contribution in [2.24, 2.45) is 34.5 Å². The van der Waals surface area contributed by atoms with Crippen LogP contribution in [0.2, 0.25) is 0 Å². The molecule has 0 aromatic rings. The minimum atomic E-state index is -2.14. The van der Waals surface area contributed by atoms with E-state index in [1.807, 2.05) is 13.0 Å². The molecule has 0 amide bonds. The third-order valence-corrected chi connectivity index (χ3v) is 9.85. The standard InChI is InChI=1S/C32H44O7/c1-7-8-9-10-11-12-13-14-25(34)39-29-22(18-38-21(4)33)16-23-26-24(30(26,5)6)15-20(3)31(28(23)36)17-19(2)27(35)32(29,31)37/h11-14,16-17,20,23-24,26-27,29,35,37H,7-10,15,18H2,1-6H3/t20-,23+,24-,26+,27+,29-,31+,32-/m1/s1. The third kappa shape index (κ3) is 4.76. The fourth-order valence-corrected chi connectivity index (χ4v) is 7.72. The summed E-state index contributed by atoms with van der Waals surface area (Å²) in [5.41, 5.74) is -2.88. The lowest BCUT2D eigenvalue weighted by Gasteiger charge is -2.49. The highest BCUT2D eigenvalue weighted by molar-refractivity contribution is 5.95. The van der Waals surface area contributed by atoms with E-state index in [4.69, 9.17) is 9.47 Å². The molecular weight excluding hydrogens is 496 g/mol. The first-order valence-corrected chi connectivity index (χ1v) is 14.4. The van der Waals surface area contributed by atoms with Gasteiger partial charge < -0.3 is 19.7 Å². The van der Waals surface area contributed by atoms with Crippen molar-refractivity contribution < 1.29 is 34.1 Å². The van der Waals surface area contributed by atoms with Gasteiger partial charge in [0.15, 0.2) is 17.5 Å². The highest BCUT2D eigenvalue weighted by Crippen LogP contribution is 2.71. The quantitative estimate of drug-likeness (QED) is 0.144. The summed E-state index contributed by atoms with van der Waals surface area (Å²) in [6.45, 7) is 11.1. The van der Waals surface area contributed by atoms with Crippen LogP contribution in [0, 0.1) is 34.5 Å². The molecule has 39 heavy (non-hydrogen) atoms. The van der Waals surface area contributed by atoms with Crippen LogP contribution in [0.3, 0.4) is 0 Å². The zero-order chi connectivity index (χ0) is 28.8. The molecule has 4 aliphatic carbocycles. The van der Waals surface area contributed by atoms with Gasteiger partial charge in [0.2, 0.25) is 0 Å². The number of allylic oxidation sites excluding steroid dienone is 4. The van der Waals surface area contributed by atoms with Gasteiger partial charge in [0, 0.05) is 24.5 Å². The highest BCUT2D eigenvalue weighted by atomic mass is 16.6. The van der Waals surface area contributed by atoms with Gasteiger partial charge in [0.1, 0.15) is 12.7 Å². The van der Waals surface area contributed by atoms with Crippen molar-refractivity contribution in [3.05, 3.63) is 47.6 Å². The van der Waals surface area contributed by atoms with Crippen molar-refractivity contribution in [3.8, 4) is 0 Å². The molecule has 1 spiro atoms. The molecule has 214 valence electrons. The molecule has 7 nitrogen and oxygen atoms in total. The number of hydrogen-bond acceptors (Lipinski definition) is 7. The Balaban J connectivity index is 1.76. The molecule has 4 rings (SSSR count). The molecule has 0 radical (unpaired) electrons. The van der Waals surface area contributed by atoms with Crippen LogP contribution in [-0.4, -0.2) is 52.4 Å². The molecule has 4 aliphatic rings. The number of ether oxygens (including phenoxy) is 2. The molecule has 0 aliphatic heterocycles. The first-order valence-electron chi connectivity index (χ1n) is 14.4. The summed E-state index contributed by atoms with van der Waals surface area (Å²) in [6, 6.07) is 0. The molecule has 7 heteroatoms. The number of fused-ring (bicyclic) bond motifs is 3. The third-order valence-electron chi connectivity index (χ3n) is 9.85. The maximum absolute atomic E-state index is 14.5. The molecule has 2 fully saturated rings. The average molecular weight is 541 g/mol. The van der Waals surface area contributed by atoms with Gasteiger partial charge in [-0.25, -0.2) is 4.79 Å². The molecule has 0 aromatic carbocycles. The normalized spacial score (nSPS) is 38.4. The first-order chi connectivity index (χ1) is 18.3. The second kappa shape index (κ2) is 10.8. The minimum Gasteiger partial charge on any atom is -0.461 e. The highest BCUT2D eigenvalue weighted by Gasteiger charge is 2.76. The van der Waals surface area contributed by atoms with Crippen LogP contribution in [0.25, 0.3) is 0 Å². The number of esters is 2. The number of ketones is 1. The van der Waals surface area contributed by atoms with E-state index in [9.17, 15) is 24.6 Å². The molecule has 2 bridgehead atoms. The summed E-state index contributed by atoms with van der Waals surface area (Å²) in [5.74, 6) is -1.98. The molecule has 0 saturated heterocycles. The van der Waals surface area contributed by atoms with Crippen LogP contribution in [0.1, 0.15) is 73.6 Å². The van der Waals surface area contributed by atoms with Crippen molar-refractivity contribution >= 4 is 17.7 Å². The predicted octanol–water partition coefficient (Wildman–Crippen LogP) is 4.63. The molecule has 2 saturated carbocycles. The van der Waals surface area contributed by atoms with Gasteiger partial charge in [0.05, 0.1) is 5.41 Å². The second-order valence-corrected chi connectivity index (χ2v) is 12.6. The number of rotatable bonds is 9. The van der Waals surface area contributed by atoms with Gasteiger partial charge >= 0.3 is 11.9 Å². The van der Waals surface area contributed by atoms with E-state index in [1.165, 1.54) is 13.0 Å². The zero-order valence-corrected chi connectivity index (χ0v) is 24.1. The molecule has 2 N–H and O–H groups in total. The van der Waals surface area contributed by atoms with E-state index in [0.29, 0.717) is 17.6 Å². The number of hydrogen-bond donors (Lipinski definition) is 2. The Morgan fingerprint density at radius 3 is 2.59 bits per heavy atom. The van der Waals surface area contributed by atoms with E-state index < -0.39 is 41.1 Å². The summed E-state index contributed by atoms with van der Waals surface area (Å²) < 4.78 is 11.3. The van der Waals surface area contributed by atoms with Gasteiger partial charge in [-0.3, -0.25) is 9.59 Å². The van der Waals surface area contributed by atoms with Crippen molar-refractivity contribution in [1.29, 1.82) is 0 Å². The Labute approximate surface area is 232 Å². The molecule has 0 heterocycles. The van der Waals surface area contributed by atoms with Gasteiger partial charge in [-0.1, -0.05) is 70.9 Å². The predicted molar refractivity (Wildman–Crippen MR) is 147 cm³/mol. The van der Waals surface area contributed by atoms with Gasteiger partial charge in [-0.2, -0.15) is 0 Å². The first kappa shape index (κ1) is 29.5. The Hall–Kier alpha value is -2.51. The molecule has 8 atom stereocenters. The fourth-order valence-electron chi connectivity index (χ4n) is 7.72. The Morgan fingerprint density at radius 1 is 1.21 bits per heavy atom. The zero-order valence-electron chi connectivity index (χ0n) is 24.1. The number of carbonyl (C=O) groups excluding carboxylic acids is 3. The summed E-state index contributed by atoms with van der Waals surface area (Å²) >= 11 is 0. The lowest BCUT2D eigenvalue weighted by molar-refractivity contribution is -0.202. The maximum atomic E-state index is 14.5. The molecular formula is C32H44O7. The molecule has 0 aromatic heterocycles. The van der Waals surface area contributed by atoms with E-state index in [2.05, 4.69) is 20.8 Å². The Morgan fingerprint density at radius 2 is 1.92 bits per heavy atom. The van der Waals surface area contributed by atoms with Crippen LogP contribution < -0.4 is 0 Å². The van der Waals surface area contributed by atoms with Gasteiger partial charge in [-0.05, 0) is 54.9 Å². The van der Waals surface area contributed by atoms with Crippen molar-refractivity contribution in [2.45, 2.75) is 91.5 Å². The van der Waals surface area contributed by atoms with Gasteiger partial charge in [0.25, 0.3) is 0 Å². The number of aliphatic hydroxyl groups excluding tert-OH is 1. The molecule has 0 unspecified atom stereocenters. The number of carbonyl (C=O) groups is 3. The lowest BCUT2D eigenvalue weighted by atomic mass is 9.59. The summed E-state index contributed by atoms with van der Waals surface area (Å²) in [5, 5.41) is 24.0. The van der Waals surface area contributed by atoms with Crippen LogP contribution in [0.5, 0.6) is 0 Å². The van der Waals surface area contributed by atoms with Crippen molar-refractivity contribution in [2.75, 3.05) is 6.61 Å². The summed E-state index contributed by atoms with van der Waals surface area (Å²) in [7, 11) is 0. The van der Waals surface area contributed by atoms with Crippen molar-refractivity contribution in [1.82, 2.24) is 0 Å². The smallest absolute Gasteiger partial charge is 0.331 e. The maximum Gasteiger partial charge on any atom is 0.331 e. The lowest BCUT2D eigenvalue weighted by Crippen LogP contribution is -2.66. The van der Waals surface area contributed by atoms with E-state index in [0.717, 1.165) is 25.7 Å². The SMILES string of the molecule is CCCCCC=CC=CC(=O)O[C@@H]1C(COC(C)=O)=C[C@@H]2C(=O)[C@]3(C=C(C)[C@H](O)[C@@]13O)[C@H](C)C[C@@H]1[C@H]2C1(C)C. The van der Waals surface area contributed by atoms with E-state index in [1.54, 1.807) is 31.2 Å². The summed E-state index contributed by atoms with van der Waals surface area (Å²) in [6.07, 6.45) is 12.2. The number of aliphatic hydroxyl groups is 2. The second-order valence-electron chi connectivity index (χ2n) is 12.6. The summed E-state index contributed by atoms with van der Waals surface area (Å²) in [4.78, 5) is 39.4.